The molecule has 23 heavy (non-hydrogen) atoms. The van der Waals surface area contributed by atoms with Crippen molar-refractivity contribution in [2.24, 2.45) is 0 Å². The van der Waals surface area contributed by atoms with Gasteiger partial charge in [-0.3, -0.25) is 4.98 Å². The third kappa shape index (κ3) is 3.42. The van der Waals surface area contributed by atoms with Gasteiger partial charge >= 0.3 is 0 Å². The zero-order valence-electron chi connectivity index (χ0n) is 13.2. The van der Waals surface area contributed by atoms with Crippen LogP contribution in [0.3, 0.4) is 0 Å². The molecule has 7 nitrogen and oxygen atoms in total. The number of aliphatic hydroxyl groups is 1. The summed E-state index contributed by atoms with van der Waals surface area (Å²) in [6.45, 7) is 2.59. The normalized spacial score (nSPS) is 12.3. The molecule has 3 rings (SSSR count). The highest BCUT2D eigenvalue weighted by Crippen LogP contribution is 2.16. The minimum Gasteiger partial charge on any atom is -0.394 e. The number of pyridine rings is 1. The fraction of sp³-hybridized carbons (Fsp3) is 0.267. The van der Waals surface area contributed by atoms with Gasteiger partial charge in [0.05, 0.1) is 6.61 Å². The molecular weight excluding hydrogens is 291 g/mol. The predicted octanol–water partition coefficient (Wildman–Crippen LogP) is -0.213. The van der Waals surface area contributed by atoms with Crippen molar-refractivity contribution in [3.05, 3.63) is 42.4 Å². The summed E-state index contributed by atoms with van der Waals surface area (Å²) in [6, 6.07) is 5.74. The van der Waals surface area contributed by atoms with Gasteiger partial charge in [-0.2, -0.15) is 9.61 Å². The Morgan fingerprint density at radius 1 is 1.39 bits per heavy atom. The summed E-state index contributed by atoms with van der Waals surface area (Å²) < 4.78 is 1.78. The van der Waals surface area contributed by atoms with E-state index in [4.69, 9.17) is 0 Å². The fourth-order valence-electron chi connectivity index (χ4n) is 2.27. The van der Waals surface area contributed by atoms with E-state index in [2.05, 4.69) is 25.7 Å². The maximum Gasteiger partial charge on any atom is 0.153 e. The van der Waals surface area contributed by atoms with Gasteiger partial charge in [0.25, 0.3) is 0 Å². The van der Waals surface area contributed by atoms with Crippen LogP contribution in [0.2, 0.25) is 0 Å². The highest BCUT2D eigenvalue weighted by molar-refractivity contribution is 6.36. The van der Waals surface area contributed by atoms with E-state index in [1.165, 1.54) is 0 Å². The molecule has 0 radical (unpaired) electrons. The Bertz CT molecular complexity index is 791. The standard InChI is InChI=1S/C15H19BN6O/c1-10(9-23)20-13-5-14(18-7-11-3-2-4-17-6-11)22-15(21-13)12(16)8-19-22/h2-6,8,10,18,23H,7,9,16H2,1H3,(H,20,21)/t10-/m0/s1. The largest absolute Gasteiger partial charge is 0.394 e. The molecule has 0 spiro atoms. The van der Waals surface area contributed by atoms with Crippen molar-refractivity contribution in [2.45, 2.75) is 19.5 Å². The van der Waals surface area contributed by atoms with E-state index < -0.39 is 0 Å². The Kier molecular flexibility index (Phi) is 4.43. The quantitative estimate of drug-likeness (QED) is 0.546. The number of hydrogen-bond acceptors (Lipinski definition) is 6. The monoisotopic (exact) mass is 310 g/mol. The molecule has 0 fully saturated rings. The number of nitrogens with zero attached hydrogens (tertiary/aromatic N) is 4. The van der Waals surface area contributed by atoms with Crippen LogP contribution >= 0.6 is 0 Å². The maximum absolute atomic E-state index is 9.21. The van der Waals surface area contributed by atoms with Gasteiger partial charge in [-0.1, -0.05) is 6.07 Å². The molecule has 3 aromatic heterocycles. The summed E-state index contributed by atoms with van der Waals surface area (Å²) in [6.07, 6.45) is 5.37. The van der Waals surface area contributed by atoms with Crippen molar-refractivity contribution in [1.82, 2.24) is 19.6 Å². The first-order valence-electron chi connectivity index (χ1n) is 7.53. The molecule has 0 unspecified atom stereocenters. The molecule has 3 N–H and O–H groups in total. The van der Waals surface area contributed by atoms with Gasteiger partial charge < -0.3 is 15.7 Å². The molecule has 0 amide bonds. The van der Waals surface area contributed by atoms with Crippen LogP contribution in [0.4, 0.5) is 11.6 Å². The molecule has 8 heteroatoms. The van der Waals surface area contributed by atoms with Crippen LogP contribution in [0.1, 0.15) is 12.5 Å². The molecule has 118 valence electrons. The lowest BCUT2D eigenvalue weighted by molar-refractivity contribution is 0.281. The van der Waals surface area contributed by atoms with Crippen molar-refractivity contribution in [3.63, 3.8) is 0 Å². The van der Waals surface area contributed by atoms with E-state index in [0.29, 0.717) is 12.4 Å². The van der Waals surface area contributed by atoms with E-state index in [1.807, 2.05) is 39.2 Å². The summed E-state index contributed by atoms with van der Waals surface area (Å²) in [5.74, 6) is 1.54. The summed E-state index contributed by atoms with van der Waals surface area (Å²) in [5, 5.41) is 20.1. The minimum absolute atomic E-state index is 0.0452. The van der Waals surface area contributed by atoms with Crippen molar-refractivity contribution >= 4 is 30.6 Å². The molecule has 1 atom stereocenters. The van der Waals surface area contributed by atoms with Crippen LogP contribution in [0, 0.1) is 0 Å². The highest BCUT2D eigenvalue weighted by Gasteiger charge is 2.10. The molecule has 0 saturated heterocycles. The fourth-order valence-corrected chi connectivity index (χ4v) is 2.27. The van der Waals surface area contributed by atoms with E-state index in [0.717, 1.165) is 22.5 Å². The molecule has 0 aliphatic carbocycles. The lowest BCUT2D eigenvalue weighted by Crippen LogP contribution is -2.21. The number of fused-ring (bicyclic) bond motifs is 1. The number of aliphatic hydroxyl groups excluding tert-OH is 1. The van der Waals surface area contributed by atoms with Gasteiger partial charge in [0.1, 0.15) is 19.5 Å². The Morgan fingerprint density at radius 2 is 2.26 bits per heavy atom. The van der Waals surface area contributed by atoms with Gasteiger partial charge in [-0.25, -0.2) is 4.98 Å². The van der Waals surface area contributed by atoms with E-state index in [1.54, 1.807) is 16.9 Å². The summed E-state index contributed by atoms with van der Waals surface area (Å²) in [7, 11) is 1.97. The first kappa shape index (κ1) is 15.3. The topological polar surface area (TPSA) is 87.4 Å². The predicted molar refractivity (Wildman–Crippen MR) is 92.9 cm³/mol. The van der Waals surface area contributed by atoms with E-state index >= 15 is 0 Å². The smallest absolute Gasteiger partial charge is 0.153 e. The van der Waals surface area contributed by atoms with Crippen LogP contribution in [-0.2, 0) is 6.54 Å². The lowest BCUT2D eigenvalue weighted by atomic mass is 10.0. The van der Waals surface area contributed by atoms with Crippen LogP contribution < -0.4 is 16.1 Å². The molecule has 3 aromatic rings. The van der Waals surface area contributed by atoms with E-state index in [9.17, 15) is 5.11 Å². The van der Waals surface area contributed by atoms with Crippen LogP contribution in [-0.4, -0.2) is 45.2 Å². The second-order valence-corrected chi connectivity index (χ2v) is 5.53. The second-order valence-electron chi connectivity index (χ2n) is 5.53. The van der Waals surface area contributed by atoms with Crippen molar-refractivity contribution < 1.29 is 5.11 Å². The molecule has 0 aliphatic rings. The highest BCUT2D eigenvalue weighted by atomic mass is 16.3. The van der Waals surface area contributed by atoms with E-state index in [-0.39, 0.29) is 12.6 Å². The first-order valence-corrected chi connectivity index (χ1v) is 7.53. The van der Waals surface area contributed by atoms with Gasteiger partial charge in [-0.15, -0.1) is 0 Å². The lowest BCUT2D eigenvalue weighted by Gasteiger charge is -2.14. The minimum atomic E-state index is -0.0700. The summed E-state index contributed by atoms with van der Waals surface area (Å²) in [4.78, 5) is 8.68. The number of nitrogens with one attached hydrogen (secondary N) is 2. The van der Waals surface area contributed by atoms with Crippen LogP contribution in [0.5, 0.6) is 0 Å². The number of aromatic nitrogens is 4. The zero-order chi connectivity index (χ0) is 16.2. The summed E-state index contributed by atoms with van der Waals surface area (Å²) >= 11 is 0. The van der Waals surface area contributed by atoms with Crippen molar-refractivity contribution in [2.75, 3.05) is 17.2 Å². The molecule has 0 aromatic carbocycles. The van der Waals surface area contributed by atoms with Crippen molar-refractivity contribution in [1.29, 1.82) is 0 Å². The molecule has 0 aliphatic heterocycles. The van der Waals surface area contributed by atoms with Crippen LogP contribution in [0.25, 0.3) is 5.65 Å². The third-order valence-electron chi connectivity index (χ3n) is 3.51. The third-order valence-corrected chi connectivity index (χ3v) is 3.51. The Hall–Kier alpha value is -2.61. The Labute approximate surface area is 135 Å². The molecule has 0 bridgehead atoms. The molecular formula is C15H19BN6O. The Balaban J connectivity index is 1.90. The zero-order valence-corrected chi connectivity index (χ0v) is 13.2. The maximum atomic E-state index is 9.21. The number of anilines is 2. The summed E-state index contributed by atoms with van der Waals surface area (Å²) in [5.41, 5.74) is 2.86. The Morgan fingerprint density at radius 3 is 3.00 bits per heavy atom. The van der Waals surface area contributed by atoms with Gasteiger partial charge in [0, 0.05) is 37.2 Å². The van der Waals surface area contributed by atoms with Gasteiger partial charge in [0.2, 0.25) is 0 Å². The molecule has 0 saturated carbocycles. The number of hydrogen-bond donors (Lipinski definition) is 3. The number of rotatable bonds is 6. The SMILES string of the molecule is Bc1cnn2c(NCc3cccnc3)cc(N[C@@H](C)CO)nc12. The van der Waals surface area contributed by atoms with Gasteiger partial charge in [-0.05, 0) is 24.0 Å². The van der Waals surface area contributed by atoms with Crippen LogP contribution in [0.15, 0.2) is 36.8 Å². The first-order chi connectivity index (χ1) is 11.2. The van der Waals surface area contributed by atoms with Gasteiger partial charge in [0.15, 0.2) is 5.65 Å². The second kappa shape index (κ2) is 6.66. The van der Waals surface area contributed by atoms with Crippen molar-refractivity contribution in [3.8, 4) is 0 Å². The average molecular weight is 310 g/mol. The average Bonchev–Trinajstić information content (AvgIpc) is 2.95. The molecule has 3 heterocycles.